The van der Waals surface area contributed by atoms with Crippen LogP contribution < -0.4 is 0 Å². The van der Waals surface area contributed by atoms with E-state index in [1.807, 2.05) is 6.07 Å². The lowest BCUT2D eigenvalue weighted by atomic mass is 9.93. The van der Waals surface area contributed by atoms with E-state index in [2.05, 4.69) is 36.3 Å². The summed E-state index contributed by atoms with van der Waals surface area (Å²) in [5, 5.41) is 2.13. The monoisotopic (exact) mass is 233 g/mol. The molecule has 2 fully saturated rings. The fourth-order valence-corrected chi connectivity index (χ4v) is 2.76. The molecule has 3 nitrogen and oxygen atoms in total. The molecule has 2 aliphatic heterocycles. The van der Waals surface area contributed by atoms with Crippen molar-refractivity contribution in [2.24, 2.45) is 5.92 Å². The number of benzene rings is 1. The molecular formula is C14H19NO2. The van der Waals surface area contributed by atoms with Gasteiger partial charge in [0.05, 0.1) is 6.61 Å². The summed E-state index contributed by atoms with van der Waals surface area (Å²) in [6.07, 6.45) is 2.17. The number of hydrogen-bond acceptors (Lipinski definition) is 3. The summed E-state index contributed by atoms with van der Waals surface area (Å²) in [7, 11) is 0. The summed E-state index contributed by atoms with van der Waals surface area (Å²) in [4.78, 5) is 5.83. The van der Waals surface area contributed by atoms with Crippen LogP contribution in [0.5, 0.6) is 0 Å². The Bertz CT molecular complexity index is 368. The van der Waals surface area contributed by atoms with E-state index in [-0.39, 0.29) is 6.29 Å². The molecule has 17 heavy (non-hydrogen) atoms. The van der Waals surface area contributed by atoms with Crippen LogP contribution in [0.25, 0.3) is 0 Å². The molecule has 0 saturated carbocycles. The summed E-state index contributed by atoms with van der Waals surface area (Å²) in [5.74, 6) is 0.609. The molecule has 92 valence electrons. The van der Waals surface area contributed by atoms with E-state index in [9.17, 15) is 0 Å². The summed E-state index contributed by atoms with van der Waals surface area (Å²) >= 11 is 0. The zero-order valence-corrected chi connectivity index (χ0v) is 10.2. The van der Waals surface area contributed by atoms with E-state index in [1.165, 1.54) is 5.56 Å². The Labute approximate surface area is 102 Å². The molecule has 1 aromatic rings. The molecule has 3 rings (SSSR count). The molecule has 2 bridgehead atoms. The standard InChI is InChI=1S/C14H19NO2/c1-2-12-10-16-14-8-13(12)15(17-14)9-11-6-4-3-5-7-11/h3-7,12-14H,2,8-10H2,1H3/t12-,13+,14-/m1/s1. The molecule has 1 aromatic carbocycles. The molecule has 0 amide bonds. The van der Waals surface area contributed by atoms with Gasteiger partial charge in [-0.1, -0.05) is 37.3 Å². The number of rotatable bonds is 3. The van der Waals surface area contributed by atoms with E-state index in [4.69, 9.17) is 9.57 Å². The van der Waals surface area contributed by atoms with Gasteiger partial charge >= 0.3 is 0 Å². The summed E-state index contributed by atoms with van der Waals surface area (Å²) in [6, 6.07) is 11.0. The van der Waals surface area contributed by atoms with Crippen LogP contribution in [0.2, 0.25) is 0 Å². The van der Waals surface area contributed by atoms with Gasteiger partial charge in [-0.25, -0.2) is 0 Å². The van der Waals surface area contributed by atoms with Crippen molar-refractivity contribution in [3.63, 3.8) is 0 Å². The van der Waals surface area contributed by atoms with Crippen LogP contribution in [-0.4, -0.2) is 24.0 Å². The van der Waals surface area contributed by atoms with Gasteiger partial charge in [-0.2, -0.15) is 5.06 Å². The van der Waals surface area contributed by atoms with Crippen molar-refractivity contribution in [2.75, 3.05) is 6.61 Å². The maximum atomic E-state index is 5.83. The minimum absolute atomic E-state index is 0.00786. The minimum Gasteiger partial charge on any atom is -0.350 e. The van der Waals surface area contributed by atoms with Crippen LogP contribution in [0.15, 0.2) is 30.3 Å². The van der Waals surface area contributed by atoms with Gasteiger partial charge in [-0.3, -0.25) is 4.84 Å². The second-order valence-corrected chi connectivity index (χ2v) is 4.90. The molecule has 2 saturated heterocycles. The van der Waals surface area contributed by atoms with Crippen molar-refractivity contribution in [3.05, 3.63) is 35.9 Å². The topological polar surface area (TPSA) is 21.7 Å². The predicted octanol–water partition coefficient (Wildman–Crippen LogP) is 2.58. The zero-order chi connectivity index (χ0) is 11.7. The molecule has 3 heteroatoms. The Morgan fingerprint density at radius 2 is 2.12 bits per heavy atom. The molecular weight excluding hydrogens is 214 g/mol. The largest absolute Gasteiger partial charge is 0.350 e. The van der Waals surface area contributed by atoms with Gasteiger partial charge in [0.1, 0.15) is 0 Å². The average Bonchev–Trinajstić information content (AvgIpc) is 2.69. The molecule has 0 N–H and O–H groups in total. The second kappa shape index (κ2) is 4.77. The van der Waals surface area contributed by atoms with Gasteiger partial charge in [0.25, 0.3) is 0 Å². The molecule has 3 atom stereocenters. The summed E-state index contributed by atoms with van der Waals surface area (Å²) < 4.78 is 5.68. The number of nitrogens with zero attached hydrogens (tertiary/aromatic N) is 1. The fraction of sp³-hybridized carbons (Fsp3) is 0.571. The van der Waals surface area contributed by atoms with E-state index in [0.29, 0.717) is 12.0 Å². The molecule has 0 aromatic heterocycles. The molecule has 2 aliphatic rings. The third kappa shape index (κ3) is 2.23. The van der Waals surface area contributed by atoms with Crippen molar-refractivity contribution >= 4 is 0 Å². The lowest BCUT2D eigenvalue weighted by Gasteiger charge is -2.28. The summed E-state index contributed by atoms with van der Waals surface area (Å²) in [5.41, 5.74) is 1.30. The Morgan fingerprint density at radius 1 is 1.29 bits per heavy atom. The third-order valence-electron chi connectivity index (χ3n) is 3.80. The van der Waals surface area contributed by atoms with Crippen LogP contribution >= 0.6 is 0 Å². The molecule has 0 unspecified atom stereocenters. The molecule has 0 spiro atoms. The maximum absolute atomic E-state index is 5.83. The number of hydrogen-bond donors (Lipinski definition) is 0. The van der Waals surface area contributed by atoms with E-state index < -0.39 is 0 Å². The predicted molar refractivity (Wildman–Crippen MR) is 65.0 cm³/mol. The highest BCUT2D eigenvalue weighted by molar-refractivity contribution is 5.14. The van der Waals surface area contributed by atoms with Crippen LogP contribution in [0.1, 0.15) is 25.3 Å². The van der Waals surface area contributed by atoms with E-state index in [1.54, 1.807) is 0 Å². The number of ether oxygens (including phenoxy) is 1. The van der Waals surface area contributed by atoms with Crippen LogP contribution in [0, 0.1) is 5.92 Å². The van der Waals surface area contributed by atoms with Gasteiger partial charge in [0.2, 0.25) is 0 Å². The van der Waals surface area contributed by atoms with Crippen molar-refractivity contribution in [3.8, 4) is 0 Å². The first-order valence-corrected chi connectivity index (χ1v) is 6.45. The third-order valence-corrected chi connectivity index (χ3v) is 3.80. The van der Waals surface area contributed by atoms with Crippen molar-refractivity contribution in [1.82, 2.24) is 5.06 Å². The van der Waals surface area contributed by atoms with E-state index in [0.717, 1.165) is 26.0 Å². The minimum atomic E-state index is -0.00786. The lowest BCUT2D eigenvalue weighted by Crippen LogP contribution is -2.37. The van der Waals surface area contributed by atoms with Gasteiger partial charge in [0.15, 0.2) is 6.29 Å². The first kappa shape index (κ1) is 11.2. The zero-order valence-electron chi connectivity index (χ0n) is 10.2. The van der Waals surface area contributed by atoms with E-state index >= 15 is 0 Å². The maximum Gasteiger partial charge on any atom is 0.179 e. The van der Waals surface area contributed by atoms with Gasteiger partial charge in [-0.15, -0.1) is 0 Å². The Kier molecular flexibility index (Phi) is 3.14. The first-order chi connectivity index (χ1) is 8.36. The SMILES string of the molecule is CC[C@@H]1CO[C@H]2C[C@@H]1N(Cc1ccccc1)O2. The highest BCUT2D eigenvalue weighted by Gasteiger charge is 2.42. The molecule has 0 aliphatic carbocycles. The number of fused-ring (bicyclic) bond motifs is 2. The second-order valence-electron chi connectivity index (χ2n) is 4.90. The van der Waals surface area contributed by atoms with Crippen LogP contribution in [-0.2, 0) is 16.1 Å². The lowest BCUT2D eigenvalue weighted by molar-refractivity contribution is -0.228. The number of hydroxylamine groups is 2. The van der Waals surface area contributed by atoms with Crippen molar-refractivity contribution in [1.29, 1.82) is 0 Å². The molecule has 2 heterocycles. The van der Waals surface area contributed by atoms with Crippen molar-refractivity contribution in [2.45, 2.75) is 38.6 Å². The average molecular weight is 233 g/mol. The normalized spacial score (nSPS) is 32.9. The van der Waals surface area contributed by atoms with Gasteiger partial charge in [-0.05, 0) is 12.0 Å². The Hall–Kier alpha value is -0.900. The fourth-order valence-electron chi connectivity index (χ4n) is 2.76. The van der Waals surface area contributed by atoms with Crippen LogP contribution in [0.3, 0.4) is 0 Å². The highest BCUT2D eigenvalue weighted by Crippen LogP contribution is 2.35. The Morgan fingerprint density at radius 3 is 2.88 bits per heavy atom. The highest BCUT2D eigenvalue weighted by atomic mass is 16.8. The van der Waals surface area contributed by atoms with Crippen LogP contribution in [0.4, 0.5) is 0 Å². The van der Waals surface area contributed by atoms with Gasteiger partial charge in [0, 0.05) is 24.9 Å². The first-order valence-electron chi connectivity index (χ1n) is 6.45. The molecule has 0 radical (unpaired) electrons. The van der Waals surface area contributed by atoms with Crippen molar-refractivity contribution < 1.29 is 9.57 Å². The summed E-state index contributed by atoms with van der Waals surface area (Å²) in [6.45, 7) is 3.94. The smallest absolute Gasteiger partial charge is 0.179 e. The van der Waals surface area contributed by atoms with Gasteiger partial charge < -0.3 is 4.74 Å². The quantitative estimate of drug-likeness (QED) is 0.801. The Balaban J connectivity index is 1.71.